The van der Waals surface area contributed by atoms with Gasteiger partial charge in [0.1, 0.15) is 18.4 Å². The van der Waals surface area contributed by atoms with Crippen LogP contribution in [0, 0.1) is 0 Å². The van der Waals surface area contributed by atoms with Crippen molar-refractivity contribution >= 4 is 5.71 Å². The molecule has 0 aliphatic carbocycles. The van der Waals surface area contributed by atoms with Crippen LogP contribution in [0.3, 0.4) is 0 Å². The summed E-state index contributed by atoms with van der Waals surface area (Å²) in [6, 6.07) is 20.1. The van der Waals surface area contributed by atoms with Crippen LogP contribution < -0.4 is 0 Å². The highest BCUT2D eigenvalue weighted by molar-refractivity contribution is 6.05. The van der Waals surface area contributed by atoms with Crippen molar-refractivity contribution in [2.24, 2.45) is 5.16 Å². The third kappa shape index (κ3) is 3.06. The summed E-state index contributed by atoms with van der Waals surface area (Å²) in [5.41, 5.74) is 3.03. The summed E-state index contributed by atoms with van der Waals surface area (Å²) in [5.74, 6) is 0. The molecule has 0 aromatic heterocycles. The minimum atomic E-state index is 0.0492. The summed E-state index contributed by atoms with van der Waals surface area (Å²) in [7, 11) is 0. The zero-order valence-electron chi connectivity index (χ0n) is 11.4. The number of benzene rings is 2. The van der Waals surface area contributed by atoms with Gasteiger partial charge in [0.15, 0.2) is 0 Å². The van der Waals surface area contributed by atoms with Gasteiger partial charge in [-0.1, -0.05) is 65.8 Å². The van der Waals surface area contributed by atoms with E-state index in [9.17, 15) is 0 Å². The molecule has 2 unspecified atom stereocenters. The summed E-state index contributed by atoms with van der Waals surface area (Å²) in [5, 5.41) is 4.29. The molecule has 102 valence electrons. The zero-order chi connectivity index (χ0) is 13.8. The average molecular weight is 267 g/mol. The first kappa shape index (κ1) is 12.9. The van der Waals surface area contributed by atoms with Crippen LogP contribution in [0.2, 0.25) is 0 Å². The first-order valence-corrected chi connectivity index (χ1v) is 6.79. The van der Waals surface area contributed by atoms with Crippen molar-refractivity contribution in [1.29, 1.82) is 0 Å². The minimum absolute atomic E-state index is 0.0492. The fraction of sp³-hybridized carbons (Fsp3) is 0.235. The lowest BCUT2D eigenvalue weighted by Crippen LogP contribution is -2.11. The molecular weight excluding hydrogens is 250 g/mol. The molecule has 3 heteroatoms. The third-order valence-corrected chi connectivity index (χ3v) is 3.29. The first-order valence-electron chi connectivity index (χ1n) is 6.79. The Labute approximate surface area is 118 Å². The van der Waals surface area contributed by atoms with Crippen LogP contribution in [-0.4, -0.2) is 17.9 Å². The van der Waals surface area contributed by atoms with Crippen LogP contribution in [0.1, 0.15) is 18.1 Å². The van der Waals surface area contributed by atoms with Gasteiger partial charge in [0.25, 0.3) is 0 Å². The molecule has 3 nitrogen and oxygen atoms in total. The summed E-state index contributed by atoms with van der Waals surface area (Å²) in [6.45, 7) is 2.51. The van der Waals surface area contributed by atoms with Crippen LogP contribution in [0.15, 0.2) is 65.8 Å². The Balaban J connectivity index is 1.72. The van der Waals surface area contributed by atoms with E-state index in [1.54, 1.807) is 0 Å². The predicted octanol–water partition coefficient (Wildman–Crippen LogP) is 3.39. The smallest absolute Gasteiger partial charge is 0.142 e. The predicted molar refractivity (Wildman–Crippen MR) is 78.5 cm³/mol. The number of oxime groups is 1. The van der Waals surface area contributed by atoms with Gasteiger partial charge in [-0.05, 0) is 12.5 Å². The van der Waals surface area contributed by atoms with Crippen LogP contribution >= 0.6 is 0 Å². The molecule has 2 aromatic carbocycles. The lowest BCUT2D eigenvalue weighted by Gasteiger charge is -2.05. The maximum absolute atomic E-state index is 5.53. The molecule has 0 N–H and O–H groups in total. The quantitative estimate of drug-likeness (QED) is 0.473. The Morgan fingerprint density at radius 2 is 1.65 bits per heavy atom. The Kier molecular flexibility index (Phi) is 3.79. The Hall–Kier alpha value is -2.13. The molecule has 1 heterocycles. The van der Waals surface area contributed by atoms with Crippen LogP contribution in [0.4, 0.5) is 0 Å². The standard InChI is InChI=1S/C17H17NO2/c1-13-17(20-13)16(15-10-6-3-7-11-15)18-19-12-14-8-4-2-5-9-14/h2-11,13,17H,12H2,1H3/b18-16+. The molecule has 3 rings (SSSR count). The van der Waals surface area contributed by atoms with Gasteiger partial charge in [-0.3, -0.25) is 0 Å². The van der Waals surface area contributed by atoms with Gasteiger partial charge in [0.2, 0.25) is 0 Å². The number of ether oxygens (including phenoxy) is 1. The van der Waals surface area contributed by atoms with Crippen molar-refractivity contribution < 1.29 is 9.57 Å². The minimum Gasteiger partial charge on any atom is -0.391 e. The van der Waals surface area contributed by atoms with Crippen molar-refractivity contribution in [3.63, 3.8) is 0 Å². The SMILES string of the molecule is CC1OC1/C(=N/OCc1ccccc1)c1ccccc1. The topological polar surface area (TPSA) is 34.1 Å². The molecule has 2 atom stereocenters. The number of rotatable bonds is 5. The maximum Gasteiger partial charge on any atom is 0.142 e. The van der Waals surface area contributed by atoms with E-state index in [2.05, 4.69) is 5.16 Å². The van der Waals surface area contributed by atoms with Crippen molar-refractivity contribution in [1.82, 2.24) is 0 Å². The molecule has 20 heavy (non-hydrogen) atoms. The molecule has 2 aromatic rings. The summed E-state index contributed by atoms with van der Waals surface area (Å²) < 4.78 is 5.53. The third-order valence-electron chi connectivity index (χ3n) is 3.29. The van der Waals surface area contributed by atoms with Gasteiger partial charge in [-0.15, -0.1) is 0 Å². The second-order valence-electron chi connectivity index (χ2n) is 4.86. The van der Waals surface area contributed by atoms with Crippen molar-refractivity contribution in [2.75, 3.05) is 0 Å². The molecule has 0 saturated carbocycles. The lowest BCUT2D eigenvalue weighted by molar-refractivity contribution is 0.129. The van der Waals surface area contributed by atoms with E-state index < -0.39 is 0 Å². The Morgan fingerprint density at radius 3 is 2.25 bits per heavy atom. The molecule has 0 radical (unpaired) electrons. The molecule has 1 aliphatic rings. The largest absolute Gasteiger partial charge is 0.391 e. The molecular formula is C17H17NO2. The molecule has 0 spiro atoms. The monoisotopic (exact) mass is 267 g/mol. The second kappa shape index (κ2) is 5.88. The van der Waals surface area contributed by atoms with Crippen molar-refractivity contribution in [2.45, 2.75) is 25.7 Å². The van der Waals surface area contributed by atoms with E-state index in [-0.39, 0.29) is 12.2 Å². The van der Waals surface area contributed by atoms with E-state index in [1.807, 2.05) is 67.6 Å². The van der Waals surface area contributed by atoms with E-state index in [4.69, 9.17) is 9.57 Å². The molecule has 0 bridgehead atoms. The van der Waals surface area contributed by atoms with Gasteiger partial charge < -0.3 is 9.57 Å². The number of hydrogen-bond acceptors (Lipinski definition) is 3. The van der Waals surface area contributed by atoms with Crippen molar-refractivity contribution in [3.8, 4) is 0 Å². The molecule has 1 aliphatic heterocycles. The number of epoxide rings is 1. The highest BCUT2D eigenvalue weighted by atomic mass is 16.6. The summed E-state index contributed by atoms with van der Waals surface area (Å²) in [4.78, 5) is 5.49. The van der Waals surface area contributed by atoms with Gasteiger partial charge in [-0.25, -0.2) is 0 Å². The van der Waals surface area contributed by atoms with E-state index in [0.29, 0.717) is 6.61 Å². The van der Waals surface area contributed by atoms with Crippen LogP contribution in [0.5, 0.6) is 0 Å². The first-order chi connectivity index (χ1) is 9.84. The molecule has 1 saturated heterocycles. The molecule has 1 fully saturated rings. The van der Waals surface area contributed by atoms with Gasteiger partial charge in [0, 0.05) is 5.56 Å². The Morgan fingerprint density at radius 1 is 1.05 bits per heavy atom. The lowest BCUT2D eigenvalue weighted by atomic mass is 10.1. The van der Waals surface area contributed by atoms with E-state index in [0.717, 1.165) is 16.8 Å². The average Bonchev–Trinajstić information content (AvgIpc) is 3.22. The summed E-state index contributed by atoms with van der Waals surface area (Å²) >= 11 is 0. The van der Waals surface area contributed by atoms with Crippen LogP contribution in [-0.2, 0) is 16.2 Å². The van der Waals surface area contributed by atoms with E-state index >= 15 is 0 Å². The van der Waals surface area contributed by atoms with Gasteiger partial charge in [-0.2, -0.15) is 0 Å². The highest BCUT2D eigenvalue weighted by Crippen LogP contribution is 2.26. The number of hydrogen-bond donors (Lipinski definition) is 0. The highest BCUT2D eigenvalue weighted by Gasteiger charge is 2.40. The second-order valence-corrected chi connectivity index (χ2v) is 4.86. The van der Waals surface area contributed by atoms with E-state index in [1.165, 1.54) is 0 Å². The van der Waals surface area contributed by atoms with Gasteiger partial charge >= 0.3 is 0 Å². The normalized spacial score (nSPS) is 21.6. The molecule has 0 amide bonds. The maximum atomic E-state index is 5.53. The zero-order valence-corrected chi connectivity index (χ0v) is 11.4. The fourth-order valence-electron chi connectivity index (χ4n) is 2.10. The summed E-state index contributed by atoms with van der Waals surface area (Å²) in [6.07, 6.45) is 0.266. The van der Waals surface area contributed by atoms with Gasteiger partial charge in [0.05, 0.1) is 6.10 Å². The fourth-order valence-corrected chi connectivity index (χ4v) is 2.10. The number of nitrogens with zero attached hydrogens (tertiary/aromatic N) is 1. The Bertz CT molecular complexity index is 580. The van der Waals surface area contributed by atoms with Crippen molar-refractivity contribution in [3.05, 3.63) is 71.8 Å². The van der Waals surface area contributed by atoms with Crippen LogP contribution in [0.25, 0.3) is 0 Å².